The fraction of sp³-hybridized carbons (Fsp3) is 0.462. The van der Waals surface area contributed by atoms with Crippen LogP contribution in [0.4, 0.5) is 4.39 Å². The van der Waals surface area contributed by atoms with Crippen LogP contribution in [0.2, 0.25) is 0 Å². The molecule has 1 N–H and O–H groups in total. The quantitative estimate of drug-likeness (QED) is 0.747. The smallest absolute Gasteiger partial charge is 0.256 e. The number of piperidine rings is 1. The molecule has 32 heavy (non-hydrogen) atoms. The molecule has 2 aromatic carbocycles. The number of carbonyl (C=O) groups excluding carboxylic acids is 2. The summed E-state index contributed by atoms with van der Waals surface area (Å²) in [6, 6.07) is 15.9. The molecule has 2 aliphatic heterocycles. The van der Waals surface area contributed by atoms with Crippen molar-refractivity contribution in [2.75, 3.05) is 19.6 Å². The molecule has 0 aromatic heterocycles. The molecule has 5 nitrogen and oxygen atoms in total. The molecule has 0 unspecified atom stereocenters. The van der Waals surface area contributed by atoms with Gasteiger partial charge in [0.05, 0.1) is 17.3 Å². The maximum Gasteiger partial charge on any atom is 0.256 e. The summed E-state index contributed by atoms with van der Waals surface area (Å²) in [4.78, 5) is 30.1. The molecular formula is C26H32FN3O2. The van der Waals surface area contributed by atoms with E-state index in [1.165, 1.54) is 12.1 Å². The summed E-state index contributed by atoms with van der Waals surface area (Å²) in [5.74, 6) is -0.237. The Morgan fingerprint density at radius 3 is 2.44 bits per heavy atom. The number of rotatable bonds is 6. The van der Waals surface area contributed by atoms with Crippen LogP contribution in [0.1, 0.15) is 49.0 Å². The van der Waals surface area contributed by atoms with Crippen LogP contribution in [-0.2, 0) is 11.2 Å². The van der Waals surface area contributed by atoms with Gasteiger partial charge in [-0.25, -0.2) is 4.39 Å². The molecule has 2 atom stereocenters. The van der Waals surface area contributed by atoms with E-state index in [1.807, 2.05) is 23.1 Å². The standard InChI is InChI=1S/C26H32FN3O2/c1-3-19(2)18-30-25(32)23(17-20-9-5-4-6-10-20)28-26(30)13-15-29(16-14-26)24(31)21-11-7-8-12-22(21)27/h4-12,19,23,28H,3,13-18H2,1-2H3/t19-,23+/m1/s1. The summed E-state index contributed by atoms with van der Waals surface area (Å²) in [5, 5.41) is 3.66. The molecule has 0 aliphatic carbocycles. The molecule has 2 aromatic rings. The number of carbonyl (C=O) groups is 2. The second-order valence-corrected chi connectivity index (χ2v) is 9.15. The van der Waals surface area contributed by atoms with E-state index in [1.54, 1.807) is 17.0 Å². The normalized spacial score (nSPS) is 21.2. The van der Waals surface area contributed by atoms with E-state index in [2.05, 4.69) is 31.3 Å². The van der Waals surface area contributed by atoms with Gasteiger partial charge in [0.15, 0.2) is 0 Å². The second-order valence-electron chi connectivity index (χ2n) is 9.15. The Bertz CT molecular complexity index is 957. The van der Waals surface area contributed by atoms with Gasteiger partial charge in [0.25, 0.3) is 5.91 Å². The van der Waals surface area contributed by atoms with Gasteiger partial charge in [-0.05, 0) is 30.0 Å². The number of nitrogens with one attached hydrogen (secondary N) is 1. The summed E-state index contributed by atoms with van der Waals surface area (Å²) < 4.78 is 14.1. The molecule has 2 amide bonds. The highest BCUT2D eigenvalue weighted by atomic mass is 19.1. The van der Waals surface area contributed by atoms with Crippen LogP contribution in [0, 0.1) is 11.7 Å². The summed E-state index contributed by atoms with van der Waals surface area (Å²) >= 11 is 0. The highest BCUT2D eigenvalue weighted by Gasteiger charge is 2.51. The number of benzene rings is 2. The molecule has 0 saturated carbocycles. The van der Waals surface area contributed by atoms with Gasteiger partial charge in [0, 0.05) is 32.5 Å². The monoisotopic (exact) mass is 437 g/mol. The first-order valence-electron chi connectivity index (χ1n) is 11.6. The van der Waals surface area contributed by atoms with E-state index in [0.29, 0.717) is 44.8 Å². The maximum absolute atomic E-state index is 14.1. The van der Waals surface area contributed by atoms with E-state index in [9.17, 15) is 14.0 Å². The Balaban J connectivity index is 1.51. The van der Waals surface area contributed by atoms with Crippen LogP contribution in [0.15, 0.2) is 54.6 Å². The van der Waals surface area contributed by atoms with Gasteiger partial charge >= 0.3 is 0 Å². The third-order valence-electron chi connectivity index (χ3n) is 6.98. The molecule has 2 saturated heterocycles. The number of hydrogen-bond acceptors (Lipinski definition) is 3. The van der Waals surface area contributed by atoms with Crippen molar-refractivity contribution in [3.05, 3.63) is 71.5 Å². The Morgan fingerprint density at radius 2 is 1.78 bits per heavy atom. The highest BCUT2D eigenvalue weighted by molar-refractivity contribution is 5.94. The first-order valence-corrected chi connectivity index (χ1v) is 11.6. The lowest BCUT2D eigenvalue weighted by molar-refractivity contribution is -0.134. The average Bonchev–Trinajstić information content (AvgIpc) is 3.05. The van der Waals surface area contributed by atoms with Crippen LogP contribution < -0.4 is 5.32 Å². The molecule has 1 spiro atoms. The van der Waals surface area contributed by atoms with Gasteiger partial charge in [0.1, 0.15) is 5.82 Å². The second kappa shape index (κ2) is 9.41. The predicted octanol–water partition coefficient (Wildman–Crippen LogP) is 3.85. The molecule has 2 fully saturated rings. The van der Waals surface area contributed by atoms with Crippen molar-refractivity contribution in [1.82, 2.24) is 15.1 Å². The maximum atomic E-state index is 14.1. The minimum absolute atomic E-state index is 0.109. The van der Waals surface area contributed by atoms with E-state index in [-0.39, 0.29) is 23.4 Å². The molecule has 2 aliphatic rings. The molecule has 6 heteroatoms. The van der Waals surface area contributed by atoms with Gasteiger partial charge in [-0.1, -0.05) is 62.7 Å². The van der Waals surface area contributed by atoms with Crippen LogP contribution in [0.25, 0.3) is 0 Å². The minimum Gasteiger partial charge on any atom is -0.338 e. The summed E-state index contributed by atoms with van der Waals surface area (Å²) in [5.41, 5.74) is 0.787. The molecule has 2 heterocycles. The molecular weight excluding hydrogens is 405 g/mol. The molecule has 0 bridgehead atoms. The Labute approximate surface area is 189 Å². The van der Waals surface area contributed by atoms with E-state index in [4.69, 9.17) is 0 Å². The van der Waals surface area contributed by atoms with Gasteiger partial charge < -0.3 is 9.80 Å². The van der Waals surface area contributed by atoms with E-state index < -0.39 is 11.5 Å². The zero-order chi connectivity index (χ0) is 22.7. The zero-order valence-electron chi connectivity index (χ0n) is 18.9. The number of amides is 2. The number of likely N-dealkylation sites (tertiary alicyclic amines) is 1. The number of halogens is 1. The molecule has 170 valence electrons. The van der Waals surface area contributed by atoms with Crippen LogP contribution in [-0.4, -0.2) is 53.0 Å². The van der Waals surface area contributed by atoms with E-state index >= 15 is 0 Å². The zero-order valence-corrected chi connectivity index (χ0v) is 18.9. The van der Waals surface area contributed by atoms with E-state index in [0.717, 1.165) is 12.0 Å². The summed E-state index contributed by atoms with van der Waals surface area (Å²) in [6.07, 6.45) is 2.93. The number of nitrogens with zero attached hydrogens (tertiary/aromatic N) is 2. The lowest BCUT2D eigenvalue weighted by Gasteiger charge is -2.45. The first kappa shape index (κ1) is 22.5. The van der Waals surface area contributed by atoms with Crippen molar-refractivity contribution in [3.8, 4) is 0 Å². The van der Waals surface area contributed by atoms with Crippen LogP contribution >= 0.6 is 0 Å². The minimum atomic E-state index is -0.492. The van der Waals surface area contributed by atoms with Crippen molar-refractivity contribution in [2.45, 2.75) is 51.2 Å². The number of hydrogen-bond donors (Lipinski definition) is 1. The fourth-order valence-electron chi connectivity index (χ4n) is 4.86. The highest BCUT2D eigenvalue weighted by Crippen LogP contribution is 2.35. The first-order chi connectivity index (χ1) is 15.4. The average molecular weight is 438 g/mol. The van der Waals surface area contributed by atoms with Gasteiger partial charge in [0.2, 0.25) is 5.91 Å². The Kier molecular flexibility index (Phi) is 6.60. The Morgan fingerprint density at radius 1 is 1.12 bits per heavy atom. The van der Waals surface area contributed by atoms with Crippen molar-refractivity contribution >= 4 is 11.8 Å². The lowest BCUT2D eigenvalue weighted by Crippen LogP contribution is -2.60. The lowest BCUT2D eigenvalue weighted by atomic mass is 9.94. The predicted molar refractivity (Wildman–Crippen MR) is 123 cm³/mol. The largest absolute Gasteiger partial charge is 0.338 e. The van der Waals surface area contributed by atoms with Crippen molar-refractivity contribution < 1.29 is 14.0 Å². The van der Waals surface area contributed by atoms with Gasteiger partial charge in [-0.2, -0.15) is 0 Å². The molecule has 0 radical (unpaired) electrons. The topological polar surface area (TPSA) is 52.7 Å². The third kappa shape index (κ3) is 4.42. The summed E-state index contributed by atoms with van der Waals surface area (Å²) in [7, 11) is 0. The van der Waals surface area contributed by atoms with Gasteiger partial charge in [-0.15, -0.1) is 0 Å². The van der Waals surface area contributed by atoms with Crippen molar-refractivity contribution in [1.29, 1.82) is 0 Å². The molecule has 4 rings (SSSR count). The summed E-state index contributed by atoms with van der Waals surface area (Å²) in [6.45, 7) is 5.99. The fourth-order valence-corrected chi connectivity index (χ4v) is 4.86. The third-order valence-corrected chi connectivity index (χ3v) is 6.98. The Hall–Kier alpha value is -2.73. The van der Waals surface area contributed by atoms with Crippen molar-refractivity contribution in [2.24, 2.45) is 5.92 Å². The SMILES string of the molecule is CC[C@@H](C)CN1C(=O)[C@H](Cc2ccccc2)NC12CCN(C(=O)c1ccccc1F)CC2. The van der Waals surface area contributed by atoms with Crippen LogP contribution in [0.3, 0.4) is 0 Å². The van der Waals surface area contributed by atoms with Crippen LogP contribution in [0.5, 0.6) is 0 Å². The van der Waals surface area contributed by atoms with Gasteiger partial charge in [-0.3, -0.25) is 14.9 Å². The van der Waals surface area contributed by atoms with Crippen molar-refractivity contribution in [3.63, 3.8) is 0 Å².